The number of rotatable bonds is 6. The Morgan fingerprint density at radius 1 is 1.00 bits per heavy atom. The molecule has 2 aromatic heterocycles. The van der Waals surface area contributed by atoms with E-state index in [1.165, 1.54) is 4.40 Å². The molecular formula is C23H24N6O3. The molecule has 0 fully saturated rings. The van der Waals surface area contributed by atoms with Gasteiger partial charge in [-0.05, 0) is 68.3 Å². The van der Waals surface area contributed by atoms with Crippen molar-refractivity contribution in [1.29, 1.82) is 0 Å². The van der Waals surface area contributed by atoms with Crippen LogP contribution >= 0.6 is 0 Å². The van der Waals surface area contributed by atoms with Crippen molar-refractivity contribution in [3.63, 3.8) is 0 Å². The zero-order valence-electron chi connectivity index (χ0n) is 18.3. The van der Waals surface area contributed by atoms with Gasteiger partial charge in [-0.2, -0.15) is 0 Å². The first-order valence-electron chi connectivity index (χ1n) is 10.1. The molecule has 0 unspecified atom stereocenters. The van der Waals surface area contributed by atoms with Gasteiger partial charge in [0.25, 0.3) is 0 Å². The van der Waals surface area contributed by atoms with Crippen LogP contribution in [0.4, 0.5) is 17.3 Å². The van der Waals surface area contributed by atoms with Crippen molar-refractivity contribution in [2.45, 2.75) is 27.3 Å². The third kappa shape index (κ3) is 4.46. The molecule has 0 saturated heterocycles. The molecule has 0 radical (unpaired) electrons. The van der Waals surface area contributed by atoms with E-state index < -0.39 is 5.69 Å². The Morgan fingerprint density at radius 3 is 2.34 bits per heavy atom. The summed E-state index contributed by atoms with van der Waals surface area (Å²) in [6.45, 7) is 5.60. The molecular weight excluding hydrogens is 408 g/mol. The summed E-state index contributed by atoms with van der Waals surface area (Å²) in [5, 5.41) is 10.3. The number of nitrogens with zero attached hydrogens (tertiary/aromatic N) is 4. The van der Waals surface area contributed by atoms with Crippen molar-refractivity contribution in [2.24, 2.45) is 0 Å². The highest BCUT2D eigenvalue weighted by Gasteiger charge is 2.16. The van der Waals surface area contributed by atoms with Crippen LogP contribution in [-0.4, -0.2) is 32.2 Å². The van der Waals surface area contributed by atoms with Crippen LogP contribution in [0.25, 0.3) is 5.65 Å². The smallest absolute Gasteiger partial charge is 0.353 e. The highest BCUT2D eigenvalue weighted by molar-refractivity contribution is 5.90. The van der Waals surface area contributed by atoms with Gasteiger partial charge in [-0.3, -0.25) is 4.79 Å². The van der Waals surface area contributed by atoms with Crippen LogP contribution < -0.4 is 21.1 Å². The number of methoxy groups -OCH3 is 1. The van der Waals surface area contributed by atoms with E-state index >= 15 is 0 Å². The second-order valence-corrected chi connectivity index (χ2v) is 7.63. The maximum Gasteiger partial charge on any atom is 0.353 e. The van der Waals surface area contributed by atoms with E-state index in [-0.39, 0.29) is 12.5 Å². The summed E-state index contributed by atoms with van der Waals surface area (Å²) < 4.78 is 7.61. The maximum atomic E-state index is 13.0. The lowest BCUT2D eigenvalue weighted by molar-refractivity contribution is -0.117. The van der Waals surface area contributed by atoms with E-state index in [4.69, 9.17) is 4.74 Å². The highest BCUT2D eigenvalue weighted by atomic mass is 16.5. The fourth-order valence-electron chi connectivity index (χ4n) is 3.53. The molecule has 164 valence electrons. The SMILES string of the molecule is COc1ccc(NC(=O)Cn2nc3cc(C)nc(Nc4cc(C)cc(C)c4)n3c2=O)cc1. The lowest BCUT2D eigenvalue weighted by Gasteiger charge is -2.09. The first-order valence-corrected chi connectivity index (χ1v) is 10.1. The van der Waals surface area contributed by atoms with Gasteiger partial charge in [-0.1, -0.05) is 6.07 Å². The minimum Gasteiger partial charge on any atom is -0.497 e. The molecule has 1 amide bonds. The average molecular weight is 432 g/mol. The largest absolute Gasteiger partial charge is 0.497 e. The van der Waals surface area contributed by atoms with Crippen LogP contribution in [0.2, 0.25) is 0 Å². The van der Waals surface area contributed by atoms with Crippen LogP contribution in [0, 0.1) is 20.8 Å². The van der Waals surface area contributed by atoms with E-state index in [0.29, 0.717) is 28.7 Å². The van der Waals surface area contributed by atoms with Crippen LogP contribution in [0.3, 0.4) is 0 Å². The number of ether oxygens (including phenoxy) is 1. The lowest BCUT2D eigenvalue weighted by Crippen LogP contribution is -2.29. The summed E-state index contributed by atoms with van der Waals surface area (Å²) in [6.07, 6.45) is 0. The molecule has 0 aliphatic rings. The summed E-state index contributed by atoms with van der Waals surface area (Å²) >= 11 is 0. The van der Waals surface area contributed by atoms with Crippen molar-refractivity contribution >= 4 is 28.9 Å². The van der Waals surface area contributed by atoms with E-state index in [0.717, 1.165) is 21.5 Å². The minimum absolute atomic E-state index is 0.228. The molecule has 0 aliphatic carbocycles. The predicted octanol–water partition coefficient (Wildman–Crippen LogP) is 3.21. The lowest BCUT2D eigenvalue weighted by atomic mass is 10.1. The number of benzene rings is 2. The molecule has 0 atom stereocenters. The zero-order valence-corrected chi connectivity index (χ0v) is 18.3. The topological polar surface area (TPSA) is 103 Å². The molecule has 2 heterocycles. The van der Waals surface area contributed by atoms with Crippen LogP contribution in [0.5, 0.6) is 5.75 Å². The molecule has 0 bridgehead atoms. The molecule has 4 rings (SSSR count). The van der Waals surface area contributed by atoms with Crippen molar-refractivity contribution in [3.05, 3.63) is 75.8 Å². The number of hydrogen-bond acceptors (Lipinski definition) is 6. The van der Waals surface area contributed by atoms with Crippen molar-refractivity contribution < 1.29 is 9.53 Å². The summed E-state index contributed by atoms with van der Waals surface area (Å²) in [5.74, 6) is 0.664. The number of aryl methyl sites for hydroxylation is 3. The molecule has 9 nitrogen and oxygen atoms in total. The van der Waals surface area contributed by atoms with Gasteiger partial charge in [0.15, 0.2) is 5.65 Å². The fraction of sp³-hybridized carbons (Fsp3) is 0.217. The first-order chi connectivity index (χ1) is 15.3. The van der Waals surface area contributed by atoms with Crippen LogP contribution in [0.1, 0.15) is 16.8 Å². The number of hydrogen-bond donors (Lipinski definition) is 2. The Bertz CT molecular complexity index is 1330. The van der Waals surface area contributed by atoms with Gasteiger partial charge in [0.05, 0.1) is 7.11 Å². The highest BCUT2D eigenvalue weighted by Crippen LogP contribution is 2.19. The van der Waals surface area contributed by atoms with E-state index in [1.807, 2.05) is 32.9 Å². The van der Waals surface area contributed by atoms with Gasteiger partial charge in [-0.25, -0.2) is 18.9 Å². The minimum atomic E-state index is -0.454. The standard InChI is InChI=1S/C23H24N6O3/c1-14-9-15(2)11-18(10-14)26-22-24-16(3)12-20-27-28(23(31)29(20)22)13-21(30)25-17-5-7-19(32-4)8-6-17/h5-12H,13H2,1-4H3,(H,24,26)(H,25,30). The number of fused-ring (bicyclic) bond motifs is 1. The summed E-state index contributed by atoms with van der Waals surface area (Å²) in [7, 11) is 1.57. The van der Waals surface area contributed by atoms with Crippen LogP contribution in [0.15, 0.2) is 53.3 Å². The molecule has 9 heteroatoms. The monoisotopic (exact) mass is 432 g/mol. The maximum absolute atomic E-state index is 13.0. The van der Waals surface area contributed by atoms with Gasteiger partial charge in [0, 0.05) is 23.1 Å². The van der Waals surface area contributed by atoms with Crippen molar-refractivity contribution in [1.82, 2.24) is 19.2 Å². The Hall–Kier alpha value is -4.14. The van der Waals surface area contributed by atoms with E-state index in [9.17, 15) is 9.59 Å². The van der Waals surface area contributed by atoms with Gasteiger partial charge in [-0.15, -0.1) is 5.10 Å². The molecule has 4 aromatic rings. The number of aromatic nitrogens is 4. The Kier molecular flexibility index (Phi) is 5.63. The van der Waals surface area contributed by atoms with Gasteiger partial charge in [0.1, 0.15) is 12.3 Å². The molecule has 0 aliphatic heterocycles. The Labute approximate surface area is 184 Å². The van der Waals surface area contributed by atoms with Crippen LogP contribution in [-0.2, 0) is 11.3 Å². The Morgan fingerprint density at radius 2 is 1.69 bits per heavy atom. The van der Waals surface area contributed by atoms with Crippen molar-refractivity contribution in [2.75, 3.05) is 17.7 Å². The first kappa shape index (κ1) is 21.1. The average Bonchev–Trinajstić information content (AvgIpc) is 3.02. The third-order valence-corrected chi connectivity index (χ3v) is 4.84. The predicted molar refractivity (Wildman–Crippen MR) is 123 cm³/mol. The number of nitrogens with one attached hydrogen (secondary N) is 2. The third-order valence-electron chi connectivity index (χ3n) is 4.84. The zero-order chi connectivity index (χ0) is 22.8. The summed E-state index contributed by atoms with van der Waals surface area (Å²) in [4.78, 5) is 30.0. The molecule has 2 N–H and O–H groups in total. The molecule has 32 heavy (non-hydrogen) atoms. The van der Waals surface area contributed by atoms with Gasteiger partial charge < -0.3 is 15.4 Å². The molecule has 0 saturated carbocycles. The molecule has 2 aromatic carbocycles. The number of anilines is 3. The van der Waals surface area contributed by atoms with Crippen molar-refractivity contribution in [3.8, 4) is 5.75 Å². The van der Waals surface area contributed by atoms with E-state index in [1.54, 1.807) is 37.4 Å². The summed E-state index contributed by atoms with van der Waals surface area (Å²) in [5.41, 5.74) is 4.26. The quantitative estimate of drug-likeness (QED) is 0.485. The number of amides is 1. The van der Waals surface area contributed by atoms with Gasteiger partial charge in [0.2, 0.25) is 11.9 Å². The summed E-state index contributed by atoms with van der Waals surface area (Å²) in [6, 6.07) is 14.6. The molecule has 0 spiro atoms. The van der Waals surface area contributed by atoms with Gasteiger partial charge >= 0.3 is 5.69 Å². The fourth-order valence-corrected chi connectivity index (χ4v) is 3.53. The Balaban J connectivity index is 1.62. The second kappa shape index (κ2) is 8.54. The van der Waals surface area contributed by atoms with E-state index in [2.05, 4.69) is 26.8 Å². The normalized spacial score (nSPS) is 10.9. The number of carbonyl (C=O) groups is 1. The number of carbonyl (C=O) groups excluding carboxylic acids is 1. The second-order valence-electron chi connectivity index (χ2n) is 7.63.